The summed E-state index contributed by atoms with van der Waals surface area (Å²) in [5.41, 5.74) is 0. The van der Waals surface area contributed by atoms with Crippen LogP contribution in [-0.2, 0) is 4.74 Å². The molecule has 1 heterocycles. The molecule has 0 spiro atoms. The molecule has 0 aliphatic carbocycles. The summed E-state index contributed by atoms with van der Waals surface area (Å²) in [7, 11) is 0. The molecule has 0 radical (unpaired) electrons. The van der Waals surface area contributed by atoms with Crippen LogP contribution in [-0.4, -0.2) is 32.8 Å². The van der Waals surface area contributed by atoms with Gasteiger partial charge < -0.3 is 4.74 Å². The fourth-order valence-electron chi connectivity index (χ4n) is 0.552. The Labute approximate surface area is 68.5 Å². The number of carbonyl (C=O) groups is 1. The SMILES string of the molecule is CC(C)OC(=O)Nc1nnn[nH]1. The number of ether oxygens (including phenoxy) is 1. The van der Waals surface area contributed by atoms with Crippen molar-refractivity contribution in [2.45, 2.75) is 20.0 Å². The zero-order chi connectivity index (χ0) is 8.97. The van der Waals surface area contributed by atoms with Crippen molar-refractivity contribution in [1.82, 2.24) is 20.6 Å². The Hall–Kier alpha value is -1.66. The molecule has 0 aliphatic heterocycles. The first-order chi connectivity index (χ1) is 5.68. The molecule has 0 unspecified atom stereocenters. The maximum atomic E-state index is 10.9. The Balaban J connectivity index is 2.37. The Bertz CT molecular complexity index is 244. The molecule has 0 aliphatic rings. The predicted molar refractivity (Wildman–Crippen MR) is 39.4 cm³/mol. The van der Waals surface area contributed by atoms with Crippen LogP contribution in [0.4, 0.5) is 10.7 Å². The van der Waals surface area contributed by atoms with Crippen molar-refractivity contribution in [1.29, 1.82) is 0 Å². The summed E-state index contributed by atoms with van der Waals surface area (Å²) < 4.78 is 4.76. The molecular weight excluding hydrogens is 162 g/mol. The van der Waals surface area contributed by atoms with E-state index >= 15 is 0 Å². The van der Waals surface area contributed by atoms with Gasteiger partial charge >= 0.3 is 6.09 Å². The van der Waals surface area contributed by atoms with Crippen molar-refractivity contribution in [2.75, 3.05) is 5.32 Å². The third-order valence-corrected chi connectivity index (χ3v) is 0.909. The molecule has 7 nitrogen and oxygen atoms in total. The lowest BCUT2D eigenvalue weighted by Crippen LogP contribution is -2.18. The van der Waals surface area contributed by atoms with Gasteiger partial charge in [0.15, 0.2) is 0 Å². The molecule has 1 amide bonds. The molecule has 1 rings (SSSR count). The molecule has 12 heavy (non-hydrogen) atoms. The van der Waals surface area contributed by atoms with Gasteiger partial charge in [-0.05, 0) is 24.3 Å². The van der Waals surface area contributed by atoms with E-state index in [9.17, 15) is 4.79 Å². The van der Waals surface area contributed by atoms with Gasteiger partial charge in [-0.25, -0.2) is 9.89 Å². The van der Waals surface area contributed by atoms with E-state index in [1.54, 1.807) is 13.8 Å². The van der Waals surface area contributed by atoms with Crippen molar-refractivity contribution in [3.63, 3.8) is 0 Å². The van der Waals surface area contributed by atoms with Crippen molar-refractivity contribution < 1.29 is 9.53 Å². The number of rotatable bonds is 2. The van der Waals surface area contributed by atoms with Gasteiger partial charge in [0.05, 0.1) is 6.10 Å². The van der Waals surface area contributed by atoms with E-state index in [4.69, 9.17) is 4.74 Å². The maximum Gasteiger partial charge on any atom is 0.414 e. The maximum absolute atomic E-state index is 10.9. The number of aromatic nitrogens is 4. The number of H-pyrrole nitrogens is 1. The highest BCUT2D eigenvalue weighted by Crippen LogP contribution is 1.95. The smallest absolute Gasteiger partial charge is 0.414 e. The molecule has 0 atom stereocenters. The molecule has 0 bridgehead atoms. The summed E-state index contributed by atoms with van der Waals surface area (Å²) >= 11 is 0. The zero-order valence-corrected chi connectivity index (χ0v) is 6.74. The highest BCUT2D eigenvalue weighted by Gasteiger charge is 2.06. The van der Waals surface area contributed by atoms with Gasteiger partial charge in [-0.2, -0.15) is 0 Å². The summed E-state index contributed by atoms with van der Waals surface area (Å²) in [6, 6.07) is 0. The van der Waals surface area contributed by atoms with E-state index in [-0.39, 0.29) is 12.1 Å². The van der Waals surface area contributed by atoms with E-state index in [1.807, 2.05) is 0 Å². The van der Waals surface area contributed by atoms with Gasteiger partial charge in [0.25, 0.3) is 0 Å². The fraction of sp³-hybridized carbons (Fsp3) is 0.600. The second kappa shape index (κ2) is 3.65. The van der Waals surface area contributed by atoms with E-state index in [0.29, 0.717) is 0 Å². The molecule has 2 N–H and O–H groups in total. The molecule has 0 saturated heterocycles. The lowest BCUT2D eigenvalue weighted by atomic mass is 10.5. The standard InChI is InChI=1S/C5H9N5O2/c1-3(2)12-5(11)6-4-7-9-10-8-4/h3H,1-2H3,(H2,6,7,8,9,10,11). The van der Waals surface area contributed by atoms with Crippen LogP contribution in [0.15, 0.2) is 0 Å². The second-order valence-electron chi connectivity index (χ2n) is 2.33. The van der Waals surface area contributed by atoms with Gasteiger partial charge in [-0.1, -0.05) is 5.10 Å². The van der Waals surface area contributed by atoms with Crippen LogP contribution >= 0.6 is 0 Å². The minimum absolute atomic E-state index is 0.166. The van der Waals surface area contributed by atoms with Gasteiger partial charge in [0.1, 0.15) is 0 Å². The highest BCUT2D eigenvalue weighted by molar-refractivity contribution is 5.81. The zero-order valence-electron chi connectivity index (χ0n) is 6.74. The average Bonchev–Trinajstić information content (AvgIpc) is 2.37. The number of nitrogens with zero attached hydrogens (tertiary/aromatic N) is 3. The summed E-state index contributed by atoms with van der Waals surface area (Å²) in [4.78, 5) is 10.9. The topological polar surface area (TPSA) is 92.8 Å². The predicted octanol–water partition coefficient (Wildman–Crippen LogP) is 0.157. The molecule has 0 aromatic carbocycles. The van der Waals surface area contributed by atoms with Crippen molar-refractivity contribution in [3.05, 3.63) is 0 Å². The Kier molecular flexibility index (Phi) is 2.57. The average molecular weight is 171 g/mol. The van der Waals surface area contributed by atoms with E-state index in [2.05, 4.69) is 25.9 Å². The number of anilines is 1. The van der Waals surface area contributed by atoms with E-state index in [1.165, 1.54) is 0 Å². The lowest BCUT2D eigenvalue weighted by Gasteiger charge is -2.06. The lowest BCUT2D eigenvalue weighted by molar-refractivity contribution is 0.129. The molecule has 1 aromatic heterocycles. The summed E-state index contributed by atoms with van der Waals surface area (Å²) in [5.74, 6) is 0.167. The van der Waals surface area contributed by atoms with Gasteiger partial charge in [0, 0.05) is 0 Å². The fourth-order valence-corrected chi connectivity index (χ4v) is 0.552. The van der Waals surface area contributed by atoms with Crippen LogP contribution in [0.5, 0.6) is 0 Å². The van der Waals surface area contributed by atoms with Crippen LogP contribution < -0.4 is 5.32 Å². The van der Waals surface area contributed by atoms with Crippen LogP contribution in [0.2, 0.25) is 0 Å². The van der Waals surface area contributed by atoms with Gasteiger partial charge in [0.2, 0.25) is 5.95 Å². The number of nitrogens with one attached hydrogen (secondary N) is 2. The second-order valence-corrected chi connectivity index (χ2v) is 2.33. The molecule has 0 fully saturated rings. The van der Waals surface area contributed by atoms with Crippen molar-refractivity contribution in [2.24, 2.45) is 0 Å². The van der Waals surface area contributed by atoms with Gasteiger partial charge in [-0.15, -0.1) is 0 Å². The quantitative estimate of drug-likeness (QED) is 0.661. The largest absolute Gasteiger partial charge is 0.447 e. The number of carbonyl (C=O) groups excluding carboxylic acids is 1. The number of hydrogen-bond acceptors (Lipinski definition) is 5. The van der Waals surface area contributed by atoms with Crippen LogP contribution in [0.25, 0.3) is 0 Å². The molecular formula is C5H9N5O2. The van der Waals surface area contributed by atoms with Gasteiger partial charge in [-0.3, -0.25) is 5.32 Å². The molecule has 1 aromatic rings. The summed E-state index contributed by atoms with van der Waals surface area (Å²) in [6.45, 7) is 3.50. The highest BCUT2D eigenvalue weighted by atomic mass is 16.6. The summed E-state index contributed by atoms with van der Waals surface area (Å²) in [6.07, 6.45) is -0.746. The van der Waals surface area contributed by atoms with Crippen LogP contribution in [0, 0.1) is 0 Å². The minimum atomic E-state index is -0.580. The first kappa shape index (κ1) is 8.44. The third-order valence-electron chi connectivity index (χ3n) is 0.909. The van der Waals surface area contributed by atoms with E-state index in [0.717, 1.165) is 0 Å². The number of hydrogen-bond donors (Lipinski definition) is 2. The first-order valence-corrected chi connectivity index (χ1v) is 3.40. The first-order valence-electron chi connectivity index (χ1n) is 3.40. The Morgan fingerprint density at radius 1 is 1.67 bits per heavy atom. The Morgan fingerprint density at radius 2 is 2.42 bits per heavy atom. The normalized spacial score (nSPS) is 9.92. The van der Waals surface area contributed by atoms with Crippen LogP contribution in [0.3, 0.4) is 0 Å². The molecule has 7 heteroatoms. The van der Waals surface area contributed by atoms with Crippen LogP contribution in [0.1, 0.15) is 13.8 Å². The van der Waals surface area contributed by atoms with Crippen molar-refractivity contribution in [3.8, 4) is 0 Å². The number of tetrazole rings is 1. The summed E-state index contributed by atoms with van der Waals surface area (Å²) in [5, 5.41) is 14.6. The molecule has 0 saturated carbocycles. The monoisotopic (exact) mass is 171 g/mol. The van der Waals surface area contributed by atoms with Crippen molar-refractivity contribution >= 4 is 12.0 Å². The minimum Gasteiger partial charge on any atom is -0.447 e. The Morgan fingerprint density at radius 3 is 2.92 bits per heavy atom. The number of aromatic amines is 1. The molecule has 66 valence electrons. The van der Waals surface area contributed by atoms with E-state index < -0.39 is 6.09 Å². The third kappa shape index (κ3) is 2.52. The number of amides is 1.